The molecule has 0 fully saturated rings. The molecule has 0 saturated heterocycles. The topological polar surface area (TPSA) is 61.9 Å². The van der Waals surface area contributed by atoms with Gasteiger partial charge < -0.3 is 10.6 Å². The molecule has 5 heteroatoms. The van der Waals surface area contributed by atoms with Gasteiger partial charge in [-0.05, 0) is 25.6 Å². The Bertz CT molecular complexity index is 399. The highest BCUT2D eigenvalue weighted by Gasteiger charge is 2.17. The summed E-state index contributed by atoms with van der Waals surface area (Å²) in [4.78, 5) is 8.52. The van der Waals surface area contributed by atoms with E-state index >= 15 is 0 Å². The summed E-state index contributed by atoms with van der Waals surface area (Å²) in [5.74, 6) is 1.49. The van der Waals surface area contributed by atoms with E-state index in [9.17, 15) is 0 Å². The van der Waals surface area contributed by atoms with Crippen molar-refractivity contribution in [3.05, 3.63) is 17.3 Å². The predicted octanol–water partition coefficient (Wildman–Crippen LogP) is 0.893. The summed E-state index contributed by atoms with van der Waals surface area (Å²) in [5, 5.41) is 9.39. The number of hydrogen-bond donors (Lipinski definition) is 3. The van der Waals surface area contributed by atoms with Crippen molar-refractivity contribution < 1.29 is 0 Å². The number of nitrogens with zero attached hydrogens (tertiary/aromatic N) is 2. The van der Waals surface area contributed by atoms with E-state index in [4.69, 9.17) is 0 Å². The lowest BCUT2D eigenvalue weighted by molar-refractivity contribution is 0.700. The van der Waals surface area contributed by atoms with E-state index in [1.807, 2.05) is 13.2 Å². The first-order chi connectivity index (χ1) is 7.24. The van der Waals surface area contributed by atoms with Crippen molar-refractivity contribution >= 4 is 17.8 Å². The molecule has 1 unspecified atom stereocenters. The molecule has 1 aliphatic heterocycles. The fraction of sp³-hybridized carbons (Fsp3) is 0.400. The quantitative estimate of drug-likeness (QED) is 0.669. The van der Waals surface area contributed by atoms with Gasteiger partial charge in [0.2, 0.25) is 5.95 Å². The van der Waals surface area contributed by atoms with Gasteiger partial charge in [-0.1, -0.05) is 0 Å². The SMILES string of the molecule is CNc1ncc2c(n1)NC(NC)C(C)=C2. The smallest absolute Gasteiger partial charge is 0.224 e. The summed E-state index contributed by atoms with van der Waals surface area (Å²) in [6.45, 7) is 2.07. The van der Waals surface area contributed by atoms with Crippen molar-refractivity contribution in [2.75, 3.05) is 24.7 Å². The highest BCUT2D eigenvalue weighted by Crippen LogP contribution is 2.24. The lowest BCUT2D eigenvalue weighted by Crippen LogP contribution is -2.36. The highest BCUT2D eigenvalue weighted by molar-refractivity contribution is 5.70. The van der Waals surface area contributed by atoms with E-state index in [1.54, 1.807) is 7.05 Å². The number of rotatable bonds is 2. The number of nitrogens with one attached hydrogen (secondary N) is 3. The fourth-order valence-electron chi connectivity index (χ4n) is 1.61. The van der Waals surface area contributed by atoms with Crippen LogP contribution < -0.4 is 16.0 Å². The number of anilines is 2. The molecule has 80 valence electrons. The summed E-state index contributed by atoms with van der Waals surface area (Å²) < 4.78 is 0. The Morgan fingerprint density at radius 2 is 2.20 bits per heavy atom. The molecule has 1 atom stereocenters. The van der Waals surface area contributed by atoms with E-state index in [-0.39, 0.29) is 6.17 Å². The summed E-state index contributed by atoms with van der Waals surface area (Å²) in [6.07, 6.45) is 4.06. The molecule has 0 aromatic carbocycles. The molecule has 2 rings (SSSR count). The van der Waals surface area contributed by atoms with Crippen molar-refractivity contribution in [2.45, 2.75) is 13.1 Å². The third-order valence-electron chi connectivity index (χ3n) is 2.45. The van der Waals surface area contributed by atoms with Gasteiger partial charge in [0.1, 0.15) is 12.0 Å². The lowest BCUT2D eigenvalue weighted by Gasteiger charge is -2.25. The maximum absolute atomic E-state index is 4.35. The molecule has 1 aliphatic rings. The van der Waals surface area contributed by atoms with Crippen molar-refractivity contribution in [3.8, 4) is 0 Å². The Morgan fingerprint density at radius 1 is 1.40 bits per heavy atom. The second-order valence-corrected chi connectivity index (χ2v) is 3.50. The average Bonchev–Trinajstić information content (AvgIpc) is 2.27. The molecule has 2 heterocycles. The molecule has 0 radical (unpaired) electrons. The van der Waals surface area contributed by atoms with E-state index in [0.29, 0.717) is 5.95 Å². The Kier molecular flexibility index (Phi) is 2.55. The van der Waals surface area contributed by atoms with Crippen LogP contribution in [0.25, 0.3) is 6.08 Å². The number of fused-ring (bicyclic) bond motifs is 1. The van der Waals surface area contributed by atoms with Crippen LogP contribution in [0.4, 0.5) is 11.8 Å². The largest absolute Gasteiger partial charge is 0.357 e. The lowest BCUT2D eigenvalue weighted by atomic mass is 10.1. The van der Waals surface area contributed by atoms with Gasteiger partial charge in [0.25, 0.3) is 0 Å². The molecule has 1 aromatic rings. The van der Waals surface area contributed by atoms with Gasteiger partial charge in [0.15, 0.2) is 0 Å². The minimum absolute atomic E-state index is 0.150. The first kappa shape index (κ1) is 9.92. The molecule has 0 amide bonds. The Balaban J connectivity index is 2.39. The summed E-state index contributed by atoms with van der Waals surface area (Å²) in [6, 6.07) is 0. The van der Waals surface area contributed by atoms with Gasteiger partial charge in [0.05, 0.1) is 0 Å². The zero-order valence-electron chi connectivity index (χ0n) is 9.13. The maximum Gasteiger partial charge on any atom is 0.224 e. The van der Waals surface area contributed by atoms with Gasteiger partial charge >= 0.3 is 0 Å². The molecule has 15 heavy (non-hydrogen) atoms. The molecule has 3 N–H and O–H groups in total. The average molecular weight is 205 g/mol. The molecular formula is C10H15N5. The molecule has 0 bridgehead atoms. The van der Waals surface area contributed by atoms with Gasteiger partial charge in [-0.15, -0.1) is 0 Å². The monoisotopic (exact) mass is 205 g/mol. The van der Waals surface area contributed by atoms with Gasteiger partial charge in [-0.2, -0.15) is 4.98 Å². The summed E-state index contributed by atoms with van der Waals surface area (Å²) in [5.41, 5.74) is 2.25. The molecular weight excluding hydrogens is 190 g/mol. The van der Waals surface area contributed by atoms with Crippen LogP contribution >= 0.6 is 0 Å². The van der Waals surface area contributed by atoms with Crippen molar-refractivity contribution in [1.29, 1.82) is 0 Å². The van der Waals surface area contributed by atoms with Crippen molar-refractivity contribution in [3.63, 3.8) is 0 Å². The zero-order chi connectivity index (χ0) is 10.8. The van der Waals surface area contributed by atoms with Crippen LogP contribution in [-0.4, -0.2) is 30.2 Å². The van der Waals surface area contributed by atoms with Crippen molar-refractivity contribution in [1.82, 2.24) is 15.3 Å². The summed E-state index contributed by atoms with van der Waals surface area (Å²) >= 11 is 0. The third-order valence-corrected chi connectivity index (χ3v) is 2.45. The molecule has 0 aliphatic carbocycles. The Hall–Kier alpha value is -1.62. The van der Waals surface area contributed by atoms with E-state index in [2.05, 4.69) is 38.9 Å². The van der Waals surface area contributed by atoms with Crippen molar-refractivity contribution in [2.24, 2.45) is 0 Å². The van der Waals surface area contributed by atoms with E-state index in [0.717, 1.165) is 11.4 Å². The molecule has 1 aromatic heterocycles. The van der Waals surface area contributed by atoms with E-state index in [1.165, 1.54) is 5.57 Å². The van der Waals surface area contributed by atoms with Crippen LogP contribution in [0.2, 0.25) is 0 Å². The van der Waals surface area contributed by atoms with Crippen LogP contribution in [0.5, 0.6) is 0 Å². The second-order valence-electron chi connectivity index (χ2n) is 3.50. The Labute approximate surface area is 89.0 Å². The third kappa shape index (κ3) is 1.78. The maximum atomic E-state index is 4.35. The van der Waals surface area contributed by atoms with Crippen LogP contribution in [0, 0.1) is 0 Å². The standard InChI is InChI=1S/C10H15N5/c1-6-4-7-5-13-10(12-3)15-9(7)14-8(6)11-2/h4-5,8,11H,1-3H3,(H2,12,13,14,15). The zero-order valence-corrected chi connectivity index (χ0v) is 9.13. The number of aromatic nitrogens is 2. The van der Waals surface area contributed by atoms with Crippen LogP contribution in [0.1, 0.15) is 12.5 Å². The molecule has 0 saturated carbocycles. The highest BCUT2D eigenvalue weighted by atomic mass is 15.2. The number of likely N-dealkylation sites (N-methyl/N-ethyl adjacent to an activating group) is 1. The molecule has 0 spiro atoms. The first-order valence-electron chi connectivity index (χ1n) is 4.91. The van der Waals surface area contributed by atoms with Crippen LogP contribution in [-0.2, 0) is 0 Å². The number of hydrogen-bond acceptors (Lipinski definition) is 5. The minimum Gasteiger partial charge on any atom is -0.357 e. The molecule has 5 nitrogen and oxygen atoms in total. The summed E-state index contributed by atoms with van der Waals surface area (Å²) in [7, 11) is 3.72. The van der Waals surface area contributed by atoms with Crippen LogP contribution in [0.15, 0.2) is 11.8 Å². The minimum atomic E-state index is 0.150. The Morgan fingerprint density at radius 3 is 2.87 bits per heavy atom. The second kappa shape index (κ2) is 3.86. The van der Waals surface area contributed by atoms with Gasteiger partial charge in [-0.3, -0.25) is 5.32 Å². The van der Waals surface area contributed by atoms with Gasteiger partial charge in [-0.25, -0.2) is 4.98 Å². The van der Waals surface area contributed by atoms with Gasteiger partial charge in [0, 0.05) is 18.8 Å². The van der Waals surface area contributed by atoms with Crippen LogP contribution in [0.3, 0.4) is 0 Å². The first-order valence-corrected chi connectivity index (χ1v) is 4.91. The fourth-order valence-corrected chi connectivity index (χ4v) is 1.61. The predicted molar refractivity (Wildman–Crippen MR) is 61.7 cm³/mol. The normalized spacial score (nSPS) is 18.9. The van der Waals surface area contributed by atoms with E-state index < -0.39 is 0 Å².